The number of ether oxygens (including phenoxy) is 1. The lowest BCUT2D eigenvalue weighted by atomic mass is 10.1. The average molecular weight is 458 g/mol. The van der Waals surface area contributed by atoms with E-state index in [-0.39, 0.29) is 11.8 Å². The van der Waals surface area contributed by atoms with E-state index in [1.165, 1.54) is 0 Å². The molecule has 0 saturated carbocycles. The number of methoxy groups -OCH3 is 1. The summed E-state index contributed by atoms with van der Waals surface area (Å²) in [6.45, 7) is 4.52. The summed E-state index contributed by atoms with van der Waals surface area (Å²) in [5.41, 5.74) is 3.69. The van der Waals surface area contributed by atoms with E-state index in [1.807, 2.05) is 73.6 Å². The van der Waals surface area contributed by atoms with E-state index in [2.05, 4.69) is 11.9 Å². The smallest absolute Gasteiger partial charge is 0.259 e. The quantitative estimate of drug-likeness (QED) is 0.359. The number of allylic oxidation sites excluding steroid dienone is 1. The van der Waals surface area contributed by atoms with Gasteiger partial charge in [-0.2, -0.15) is 0 Å². The van der Waals surface area contributed by atoms with Crippen LogP contribution in [-0.4, -0.2) is 44.6 Å². The van der Waals surface area contributed by atoms with E-state index >= 15 is 0 Å². The summed E-state index contributed by atoms with van der Waals surface area (Å²) < 4.78 is 5.35. The number of para-hydroxylation sites is 1. The van der Waals surface area contributed by atoms with Crippen LogP contribution in [0, 0.1) is 0 Å². The number of carbonyl (C=O) groups excluding carboxylic acids is 2. The largest absolute Gasteiger partial charge is 0.496 e. The molecule has 3 aromatic carbocycles. The Hall–Kier alpha value is -3.90. The van der Waals surface area contributed by atoms with Crippen molar-refractivity contribution in [2.75, 3.05) is 32.8 Å². The predicted octanol–water partition coefficient (Wildman–Crippen LogP) is 4.52. The fourth-order valence-electron chi connectivity index (χ4n) is 3.64. The first-order valence-corrected chi connectivity index (χ1v) is 11.1. The molecule has 0 atom stereocenters. The third kappa shape index (κ3) is 6.33. The first-order chi connectivity index (χ1) is 16.4. The van der Waals surface area contributed by atoms with Gasteiger partial charge in [0.2, 0.25) is 0 Å². The van der Waals surface area contributed by atoms with Gasteiger partial charge in [-0.15, -0.1) is 6.58 Å². The molecule has 34 heavy (non-hydrogen) atoms. The number of amides is 2. The van der Waals surface area contributed by atoms with Crippen LogP contribution in [0.1, 0.15) is 31.8 Å². The number of nitrogens with zero attached hydrogens (tertiary/aromatic N) is 2. The van der Waals surface area contributed by atoms with Crippen LogP contribution >= 0.6 is 0 Å². The molecule has 3 aromatic rings. The second-order valence-electron chi connectivity index (χ2n) is 8.19. The number of nitrogens with one attached hydrogen (secondary N) is 1. The number of rotatable bonds is 10. The Morgan fingerprint density at radius 1 is 0.971 bits per heavy atom. The van der Waals surface area contributed by atoms with E-state index in [0.717, 1.165) is 22.6 Å². The van der Waals surface area contributed by atoms with Gasteiger partial charge in [0.25, 0.3) is 11.8 Å². The van der Waals surface area contributed by atoms with Gasteiger partial charge in [0, 0.05) is 23.4 Å². The van der Waals surface area contributed by atoms with Gasteiger partial charge in [-0.25, -0.2) is 0 Å². The van der Waals surface area contributed by atoms with Crippen LogP contribution in [0.5, 0.6) is 5.75 Å². The highest BCUT2D eigenvalue weighted by Crippen LogP contribution is 2.21. The zero-order valence-electron chi connectivity index (χ0n) is 20.0. The molecule has 0 aromatic heterocycles. The van der Waals surface area contributed by atoms with Crippen molar-refractivity contribution >= 4 is 17.5 Å². The SMILES string of the molecule is C=CCc1cc(C(=O)NCc2cccc(C(=O)N(CN(C)C)c3ccccc3)c2)ccc1OC. The molecule has 1 N–H and O–H groups in total. The average Bonchev–Trinajstić information content (AvgIpc) is 2.86. The van der Waals surface area contributed by atoms with Crippen molar-refractivity contribution in [2.45, 2.75) is 13.0 Å². The van der Waals surface area contributed by atoms with Gasteiger partial charge in [-0.05, 0) is 74.1 Å². The summed E-state index contributed by atoms with van der Waals surface area (Å²) in [6, 6.07) is 22.3. The number of hydrogen-bond acceptors (Lipinski definition) is 4. The van der Waals surface area contributed by atoms with Crippen LogP contribution in [0.4, 0.5) is 5.69 Å². The van der Waals surface area contributed by atoms with Crippen LogP contribution < -0.4 is 15.0 Å². The maximum atomic E-state index is 13.3. The van der Waals surface area contributed by atoms with Crippen molar-refractivity contribution in [1.29, 1.82) is 0 Å². The summed E-state index contributed by atoms with van der Waals surface area (Å²) >= 11 is 0. The van der Waals surface area contributed by atoms with Crippen LogP contribution in [0.3, 0.4) is 0 Å². The molecule has 0 bridgehead atoms. The molecule has 0 aliphatic carbocycles. The minimum atomic E-state index is -0.191. The highest BCUT2D eigenvalue weighted by molar-refractivity contribution is 6.06. The molecule has 0 radical (unpaired) electrons. The Kier molecular flexibility index (Phi) is 8.60. The molecule has 3 rings (SSSR count). The van der Waals surface area contributed by atoms with Gasteiger partial charge < -0.3 is 10.1 Å². The minimum Gasteiger partial charge on any atom is -0.496 e. The van der Waals surface area contributed by atoms with Crippen LogP contribution in [0.15, 0.2) is 85.5 Å². The molecule has 176 valence electrons. The molecular formula is C28H31N3O3. The van der Waals surface area contributed by atoms with Crippen molar-refractivity contribution in [3.63, 3.8) is 0 Å². The zero-order valence-corrected chi connectivity index (χ0v) is 20.0. The highest BCUT2D eigenvalue weighted by atomic mass is 16.5. The van der Waals surface area contributed by atoms with Gasteiger partial charge in [-0.3, -0.25) is 19.4 Å². The number of benzene rings is 3. The van der Waals surface area contributed by atoms with Crippen molar-refractivity contribution < 1.29 is 14.3 Å². The number of carbonyl (C=O) groups is 2. The Bertz CT molecular complexity index is 1140. The molecule has 0 aliphatic rings. The molecule has 0 spiro atoms. The molecule has 0 saturated heterocycles. The van der Waals surface area contributed by atoms with Crippen LogP contribution in [0.25, 0.3) is 0 Å². The molecule has 0 fully saturated rings. The predicted molar refractivity (Wildman–Crippen MR) is 136 cm³/mol. The zero-order chi connectivity index (χ0) is 24.5. The van der Waals surface area contributed by atoms with E-state index < -0.39 is 0 Å². The highest BCUT2D eigenvalue weighted by Gasteiger charge is 2.19. The monoisotopic (exact) mass is 457 g/mol. The Morgan fingerprint density at radius 2 is 1.74 bits per heavy atom. The van der Waals surface area contributed by atoms with Crippen molar-refractivity contribution in [3.05, 3.63) is 108 Å². The van der Waals surface area contributed by atoms with Gasteiger partial charge in [0.15, 0.2) is 0 Å². The molecule has 0 aliphatic heterocycles. The normalized spacial score (nSPS) is 10.6. The van der Waals surface area contributed by atoms with Gasteiger partial charge >= 0.3 is 0 Å². The lowest BCUT2D eigenvalue weighted by molar-refractivity contribution is 0.0949. The van der Waals surface area contributed by atoms with E-state index in [1.54, 1.807) is 36.3 Å². The topological polar surface area (TPSA) is 61.9 Å². The molecule has 6 heteroatoms. The Balaban J connectivity index is 1.74. The minimum absolute atomic E-state index is 0.0997. The second kappa shape index (κ2) is 11.8. The number of hydrogen-bond donors (Lipinski definition) is 1. The third-order valence-electron chi connectivity index (χ3n) is 5.27. The summed E-state index contributed by atoms with van der Waals surface area (Å²) in [4.78, 5) is 29.8. The van der Waals surface area contributed by atoms with Crippen molar-refractivity contribution in [1.82, 2.24) is 10.2 Å². The fraction of sp³-hybridized carbons (Fsp3) is 0.214. The molecule has 0 heterocycles. The van der Waals surface area contributed by atoms with Gasteiger partial charge in [0.05, 0.1) is 13.8 Å². The first-order valence-electron chi connectivity index (χ1n) is 11.1. The Morgan fingerprint density at radius 3 is 2.41 bits per heavy atom. The standard InChI is InChI=1S/C28H31N3O3/c1-5-10-22-18-23(15-16-26(22)34-4)27(32)29-19-21-11-9-12-24(17-21)28(33)31(20-30(2)3)25-13-7-6-8-14-25/h5-9,11-18H,1,10,19-20H2,2-4H3,(H,29,32). The summed E-state index contributed by atoms with van der Waals surface area (Å²) in [6.07, 6.45) is 2.39. The fourth-order valence-corrected chi connectivity index (χ4v) is 3.64. The maximum Gasteiger partial charge on any atom is 0.259 e. The van der Waals surface area contributed by atoms with Crippen LogP contribution in [0.2, 0.25) is 0 Å². The molecule has 0 unspecified atom stereocenters. The second-order valence-corrected chi connectivity index (χ2v) is 8.19. The molecular weight excluding hydrogens is 426 g/mol. The lowest BCUT2D eigenvalue weighted by Gasteiger charge is -2.26. The van der Waals surface area contributed by atoms with Crippen molar-refractivity contribution in [3.8, 4) is 5.75 Å². The van der Waals surface area contributed by atoms with Crippen molar-refractivity contribution in [2.24, 2.45) is 0 Å². The third-order valence-corrected chi connectivity index (χ3v) is 5.27. The van der Waals surface area contributed by atoms with E-state index in [4.69, 9.17) is 4.74 Å². The summed E-state index contributed by atoms with van der Waals surface area (Å²) in [5.74, 6) is 0.434. The lowest BCUT2D eigenvalue weighted by Crippen LogP contribution is -2.38. The molecule has 2 amide bonds. The number of anilines is 1. The van der Waals surface area contributed by atoms with E-state index in [9.17, 15) is 9.59 Å². The molecule has 6 nitrogen and oxygen atoms in total. The first kappa shape index (κ1) is 24.7. The Labute approximate surface area is 201 Å². The van der Waals surface area contributed by atoms with Gasteiger partial charge in [-0.1, -0.05) is 36.4 Å². The van der Waals surface area contributed by atoms with Crippen LogP contribution in [-0.2, 0) is 13.0 Å². The summed E-state index contributed by atoms with van der Waals surface area (Å²) in [7, 11) is 5.46. The van der Waals surface area contributed by atoms with E-state index in [0.29, 0.717) is 30.8 Å². The maximum absolute atomic E-state index is 13.3. The summed E-state index contributed by atoms with van der Waals surface area (Å²) in [5, 5.41) is 2.94. The van der Waals surface area contributed by atoms with Gasteiger partial charge in [0.1, 0.15) is 5.75 Å².